The van der Waals surface area contributed by atoms with Crippen LogP contribution in [-0.2, 0) is 15.8 Å². The third kappa shape index (κ3) is 3.60. The van der Waals surface area contributed by atoms with Gasteiger partial charge in [-0.25, -0.2) is 9.00 Å². The van der Waals surface area contributed by atoms with Gasteiger partial charge in [0.15, 0.2) is 11.1 Å². The Kier molecular flexibility index (Phi) is 4.30. The molecule has 0 aromatic heterocycles. The standard InChI is InChI=1S/C7H13NO5S/c9-7(10)8-2-1-6(3-8)4-13-5-14(11)12/h6H,1-5H2,(H,9,10)(H,11,12). The predicted octanol–water partition coefficient (Wildman–Crippen LogP) is 0.182. The summed E-state index contributed by atoms with van der Waals surface area (Å²) >= 11 is -1.94. The molecule has 2 unspecified atom stereocenters. The Morgan fingerprint density at radius 1 is 1.64 bits per heavy atom. The average molecular weight is 223 g/mol. The molecule has 7 heteroatoms. The second-order valence-electron chi connectivity index (χ2n) is 3.19. The van der Waals surface area contributed by atoms with E-state index in [1.807, 2.05) is 0 Å². The SMILES string of the molecule is O=C(O)N1CCC(COCS(=O)O)C1. The molecule has 0 aliphatic carbocycles. The van der Waals surface area contributed by atoms with Gasteiger partial charge in [0.1, 0.15) is 5.94 Å². The monoisotopic (exact) mass is 223 g/mol. The van der Waals surface area contributed by atoms with E-state index in [4.69, 9.17) is 14.4 Å². The molecule has 1 aliphatic heterocycles. The number of nitrogens with zero attached hydrogens (tertiary/aromatic N) is 1. The van der Waals surface area contributed by atoms with Gasteiger partial charge < -0.3 is 19.3 Å². The van der Waals surface area contributed by atoms with Gasteiger partial charge in [-0.3, -0.25) is 0 Å². The average Bonchev–Trinajstić information content (AvgIpc) is 2.52. The van der Waals surface area contributed by atoms with E-state index in [1.54, 1.807) is 0 Å². The molecule has 0 spiro atoms. The van der Waals surface area contributed by atoms with Crippen LogP contribution >= 0.6 is 0 Å². The zero-order valence-electron chi connectivity index (χ0n) is 7.59. The number of rotatable bonds is 4. The fraction of sp³-hybridized carbons (Fsp3) is 0.857. The van der Waals surface area contributed by atoms with Crippen molar-refractivity contribution in [3.05, 3.63) is 0 Å². The lowest BCUT2D eigenvalue weighted by Gasteiger charge is -2.11. The van der Waals surface area contributed by atoms with E-state index in [-0.39, 0.29) is 11.9 Å². The molecule has 0 saturated carbocycles. The summed E-state index contributed by atoms with van der Waals surface area (Å²) < 4.78 is 23.6. The van der Waals surface area contributed by atoms with Crippen LogP contribution in [0.2, 0.25) is 0 Å². The Bertz CT molecular complexity index is 234. The van der Waals surface area contributed by atoms with Crippen molar-refractivity contribution in [1.82, 2.24) is 4.90 Å². The number of carbonyl (C=O) groups is 1. The lowest BCUT2D eigenvalue weighted by molar-refractivity contribution is 0.128. The molecule has 14 heavy (non-hydrogen) atoms. The highest BCUT2D eigenvalue weighted by molar-refractivity contribution is 7.79. The Labute approximate surface area is 84.1 Å². The van der Waals surface area contributed by atoms with Crippen molar-refractivity contribution >= 4 is 17.2 Å². The quantitative estimate of drug-likeness (QED) is 0.664. The number of ether oxygens (including phenoxy) is 1. The summed E-state index contributed by atoms with van der Waals surface area (Å²) in [7, 11) is 0. The second-order valence-corrected chi connectivity index (χ2v) is 4.07. The van der Waals surface area contributed by atoms with Crippen LogP contribution in [0.25, 0.3) is 0 Å². The first-order valence-corrected chi connectivity index (χ1v) is 5.50. The van der Waals surface area contributed by atoms with E-state index >= 15 is 0 Å². The normalized spacial score (nSPS) is 23.8. The molecular formula is C7H13NO5S. The van der Waals surface area contributed by atoms with Crippen molar-refractivity contribution in [3.63, 3.8) is 0 Å². The van der Waals surface area contributed by atoms with Crippen molar-refractivity contribution in [1.29, 1.82) is 0 Å². The lowest BCUT2D eigenvalue weighted by atomic mass is 10.1. The molecule has 2 N–H and O–H groups in total. The summed E-state index contributed by atoms with van der Waals surface area (Å²) in [5.41, 5.74) is 0. The first kappa shape index (κ1) is 11.4. The summed E-state index contributed by atoms with van der Waals surface area (Å²) in [4.78, 5) is 11.8. The molecule has 1 rings (SSSR count). The molecule has 82 valence electrons. The van der Waals surface area contributed by atoms with Crippen LogP contribution < -0.4 is 0 Å². The van der Waals surface area contributed by atoms with Gasteiger partial charge in [-0.2, -0.15) is 0 Å². The van der Waals surface area contributed by atoms with Gasteiger partial charge in [0.2, 0.25) is 0 Å². The Hall–Kier alpha value is -0.660. The van der Waals surface area contributed by atoms with Crippen LogP contribution in [0.3, 0.4) is 0 Å². The molecule has 1 heterocycles. The zero-order valence-corrected chi connectivity index (χ0v) is 8.40. The molecule has 0 bridgehead atoms. The smallest absolute Gasteiger partial charge is 0.407 e. The fourth-order valence-electron chi connectivity index (χ4n) is 1.43. The Balaban J connectivity index is 2.16. The summed E-state index contributed by atoms with van der Waals surface area (Å²) in [6.45, 7) is 1.31. The summed E-state index contributed by atoms with van der Waals surface area (Å²) in [5.74, 6) is -0.0570. The molecule has 2 atom stereocenters. The van der Waals surface area contributed by atoms with Crippen molar-refractivity contribution in [3.8, 4) is 0 Å². The van der Waals surface area contributed by atoms with Crippen LogP contribution in [0.5, 0.6) is 0 Å². The van der Waals surface area contributed by atoms with E-state index < -0.39 is 17.2 Å². The number of likely N-dealkylation sites (tertiary alicyclic amines) is 1. The molecule has 0 aromatic carbocycles. The minimum absolute atomic E-state index is 0.148. The van der Waals surface area contributed by atoms with Crippen molar-refractivity contribution in [2.75, 3.05) is 25.6 Å². The maximum Gasteiger partial charge on any atom is 0.407 e. The van der Waals surface area contributed by atoms with Crippen LogP contribution in [-0.4, -0.2) is 50.5 Å². The molecule has 0 aromatic rings. The number of hydrogen-bond acceptors (Lipinski definition) is 3. The molecule has 1 amide bonds. The fourth-order valence-corrected chi connectivity index (χ4v) is 1.67. The Morgan fingerprint density at radius 3 is 2.86 bits per heavy atom. The number of carboxylic acid groups (broad SMARTS) is 1. The highest BCUT2D eigenvalue weighted by atomic mass is 32.2. The van der Waals surface area contributed by atoms with E-state index in [1.165, 1.54) is 4.90 Å². The number of hydrogen-bond donors (Lipinski definition) is 2. The third-order valence-electron chi connectivity index (χ3n) is 2.09. The summed E-state index contributed by atoms with van der Waals surface area (Å²) in [6, 6.07) is 0. The number of amides is 1. The van der Waals surface area contributed by atoms with E-state index in [9.17, 15) is 9.00 Å². The maximum atomic E-state index is 10.5. The minimum Gasteiger partial charge on any atom is -0.465 e. The van der Waals surface area contributed by atoms with E-state index in [0.717, 1.165) is 6.42 Å². The van der Waals surface area contributed by atoms with Crippen molar-refractivity contribution < 1.29 is 23.4 Å². The highest BCUT2D eigenvalue weighted by Gasteiger charge is 2.25. The van der Waals surface area contributed by atoms with E-state index in [2.05, 4.69) is 0 Å². The van der Waals surface area contributed by atoms with E-state index in [0.29, 0.717) is 19.7 Å². The molecule has 1 saturated heterocycles. The van der Waals surface area contributed by atoms with Gasteiger partial charge >= 0.3 is 6.09 Å². The van der Waals surface area contributed by atoms with Crippen LogP contribution in [0.4, 0.5) is 4.79 Å². The zero-order chi connectivity index (χ0) is 10.6. The van der Waals surface area contributed by atoms with Gasteiger partial charge in [-0.1, -0.05) is 0 Å². The van der Waals surface area contributed by atoms with Crippen molar-refractivity contribution in [2.45, 2.75) is 6.42 Å². The molecule has 0 radical (unpaired) electrons. The third-order valence-corrected chi connectivity index (χ3v) is 2.46. The second kappa shape index (κ2) is 5.28. The Morgan fingerprint density at radius 2 is 2.36 bits per heavy atom. The largest absolute Gasteiger partial charge is 0.465 e. The van der Waals surface area contributed by atoms with Crippen LogP contribution in [0, 0.1) is 5.92 Å². The first-order valence-electron chi connectivity index (χ1n) is 4.22. The minimum atomic E-state index is -1.94. The topological polar surface area (TPSA) is 87.1 Å². The van der Waals surface area contributed by atoms with Gasteiger partial charge in [-0.15, -0.1) is 0 Å². The van der Waals surface area contributed by atoms with Crippen LogP contribution in [0.1, 0.15) is 6.42 Å². The summed E-state index contributed by atoms with van der Waals surface area (Å²) in [5, 5.41) is 8.64. The summed E-state index contributed by atoms with van der Waals surface area (Å²) in [6.07, 6.45) is -0.164. The van der Waals surface area contributed by atoms with Crippen molar-refractivity contribution in [2.24, 2.45) is 5.92 Å². The lowest BCUT2D eigenvalue weighted by Crippen LogP contribution is -2.27. The van der Waals surface area contributed by atoms with Gasteiger partial charge in [0.05, 0.1) is 6.61 Å². The van der Waals surface area contributed by atoms with Gasteiger partial charge in [-0.05, 0) is 6.42 Å². The predicted molar refractivity (Wildman–Crippen MR) is 49.3 cm³/mol. The first-order chi connectivity index (χ1) is 6.59. The molecule has 1 fully saturated rings. The molecule has 1 aliphatic rings. The molecular weight excluding hydrogens is 210 g/mol. The maximum absolute atomic E-state index is 10.5. The van der Waals surface area contributed by atoms with Gasteiger partial charge in [0.25, 0.3) is 0 Å². The molecule has 6 nitrogen and oxygen atoms in total. The van der Waals surface area contributed by atoms with Gasteiger partial charge in [0, 0.05) is 19.0 Å². The van der Waals surface area contributed by atoms with Crippen LogP contribution in [0.15, 0.2) is 0 Å². The highest BCUT2D eigenvalue weighted by Crippen LogP contribution is 2.16.